The Labute approximate surface area is 111 Å². The van der Waals surface area contributed by atoms with E-state index in [1.807, 2.05) is 4.90 Å². The Balaban J connectivity index is 2.21. The van der Waals surface area contributed by atoms with Gasteiger partial charge in [0.15, 0.2) is 5.84 Å². The highest BCUT2D eigenvalue weighted by Gasteiger charge is 2.36. The third-order valence-electron chi connectivity index (χ3n) is 3.53. The number of carbonyl (C=O) groups is 1. The minimum Gasteiger partial charge on any atom is -0.409 e. The molecular formula is C13H18N4O2. The minimum absolute atomic E-state index is 0.0204. The maximum atomic E-state index is 12.4. The lowest BCUT2D eigenvalue weighted by Gasteiger charge is -2.31. The summed E-state index contributed by atoms with van der Waals surface area (Å²) in [6, 6.07) is 3.22. The minimum atomic E-state index is -0.122. The molecule has 2 rings (SSSR count). The molecule has 1 saturated heterocycles. The van der Waals surface area contributed by atoms with Crippen LogP contribution in [0.3, 0.4) is 0 Å². The lowest BCUT2D eigenvalue weighted by molar-refractivity contribution is 0.0646. The Hall–Kier alpha value is -2.11. The van der Waals surface area contributed by atoms with Crippen LogP contribution in [-0.4, -0.2) is 38.9 Å². The van der Waals surface area contributed by atoms with E-state index in [9.17, 15) is 4.79 Å². The first-order valence-electron chi connectivity index (χ1n) is 6.21. The molecule has 0 bridgehead atoms. The summed E-state index contributed by atoms with van der Waals surface area (Å²) in [6.45, 7) is 4.88. The molecule has 1 amide bonds. The summed E-state index contributed by atoms with van der Waals surface area (Å²) in [7, 11) is 0. The van der Waals surface area contributed by atoms with E-state index in [2.05, 4.69) is 24.0 Å². The molecule has 6 nitrogen and oxygen atoms in total. The van der Waals surface area contributed by atoms with Crippen molar-refractivity contribution in [1.29, 1.82) is 0 Å². The fraction of sp³-hybridized carbons (Fsp3) is 0.462. The number of hydrogen-bond donors (Lipinski definition) is 2. The zero-order valence-electron chi connectivity index (χ0n) is 11.1. The van der Waals surface area contributed by atoms with Crippen molar-refractivity contribution in [2.24, 2.45) is 10.9 Å². The van der Waals surface area contributed by atoms with Crippen molar-refractivity contribution >= 4 is 11.7 Å². The topological polar surface area (TPSA) is 91.8 Å². The van der Waals surface area contributed by atoms with Crippen molar-refractivity contribution in [2.45, 2.75) is 32.2 Å². The average molecular weight is 262 g/mol. The molecule has 102 valence electrons. The Bertz CT molecular complexity index is 508. The highest BCUT2D eigenvalue weighted by Crippen LogP contribution is 2.29. The van der Waals surface area contributed by atoms with Gasteiger partial charge in [0.2, 0.25) is 0 Å². The van der Waals surface area contributed by atoms with Crippen LogP contribution in [0.5, 0.6) is 0 Å². The predicted octanol–water partition coefficient (Wildman–Crippen LogP) is 1.19. The molecule has 1 aliphatic rings. The summed E-state index contributed by atoms with van der Waals surface area (Å²) >= 11 is 0. The van der Waals surface area contributed by atoms with Crippen LogP contribution in [0.4, 0.5) is 0 Å². The maximum Gasteiger partial charge on any atom is 0.272 e. The van der Waals surface area contributed by atoms with E-state index in [1.54, 1.807) is 12.1 Å². The lowest BCUT2D eigenvalue weighted by atomic mass is 10.0. The summed E-state index contributed by atoms with van der Waals surface area (Å²) in [5.74, 6) is -0.0958. The zero-order valence-corrected chi connectivity index (χ0v) is 11.1. The maximum absolute atomic E-state index is 12.4. The number of amidine groups is 1. The van der Waals surface area contributed by atoms with Crippen LogP contribution in [0.15, 0.2) is 23.5 Å². The van der Waals surface area contributed by atoms with Gasteiger partial charge in [-0.1, -0.05) is 5.16 Å². The van der Waals surface area contributed by atoms with E-state index in [0.717, 1.165) is 19.4 Å². The van der Waals surface area contributed by atoms with E-state index >= 15 is 0 Å². The number of carbonyl (C=O) groups excluding carboxylic acids is 1. The van der Waals surface area contributed by atoms with Crippen molar-refractivity contribution in [1.82, 2.24) is 9.88 Å². The third kappa shape index (κ3) is 2.52. The van der Waals surface area contributed by atoms with E-state index in [1.165, 1.54) is 6.20 Å². The smallest absolute Gasteiger partial charge is 0.272 e. The van der Waals surface area contributed by atoms with Gasteiger partial charge in [-0.25, -0.2) is 0 Å². The molecule has 0 aromatic carbocycles. The summed E-state index contributed by atoms with van der Waals surface area (Å²) < 4.78 is 0. The monoisotopic (exact) mass is 262 g/mol. The van der Waals surface area contributed by atoms with Crippen LogP contribution < -0.4 is 5.73 Å². The van der Waals surface area contributed by atoms with E-state index in [-0.39, 0.29) is 17.3 Å². The molecule has 19 heavy (non-hydrogen) atoms. The van der Waals surface area contributed by atoms with Crippen molar-refractivity contribution in [3.8, 4) is 0 Å². The van der Waals surface area contributed by atoms with E-state index in [4.69, 9.17) is 10.9 Å². The number of nitrogens with two attached hydrogens (primary N) is 1. The fourth-order valence-corrected chi connectivity index (χ4v) is 2.35. The molecule has 2 heterocycles. The van der Waals surface area contributed by atoms with Crippen LogP contribution in [0.1, 0.15) is 42.7 Å². The van der Waals surface area contributed by atoms with Crippen LogP contribution in [-0.2, 0) is 0 Å². The Morgan fingerprint density at radius 2 is 2.26 bits per heavy atom. The quantitative estimate of drug-likeness (QED) is 0.362. The second-order valence-electron chi connectivity index (χ2n) is 5.29. The third-order valence-corrected chi connectivity index (χ3v) is 3.53. The van der Waals surface area contributed by atoms with Gasteiger partial charge in [0, 0.05) is 23.8 Å². The van der Waals surface area contributed by atoms with Crippen LogP contribution in [0.25, 0.3) is 0 Å². The van der Waals surface area contributed by atoms with Crippen molar-refractivity contribution < 1.29 is 10.0 Å². The number of aromatic nitrogens is 1. The molecule has 0 saturated carbocycles. The number of likely N-dealkylation sites (tertiary alicyclic amines) is 1. The molecule has 0 radical (unpaired) electrons. The molecule has 1 aliphatic heterocycles. The second-order valence-corrected chi connectivity index (χ2v) is 5.29. The number of nitrogens with zero attached hydrogens (tertiary/aromatic N) is 3. The molecule has 3 N–H and O–H groups in total. The molecule has 6 heteroatoms. The molecule has 0 aliphatic carbocycles. The van der Waals surface area contributed by atoms with Crippen LogP contribution in [0.2, 0.25) is 0 Å². The zero-order chi connectivity index (χ0) is 14.0. The van der Waals surface area contributed by atoms with Gasteiger partial charge in [-0.15, -0.1) is 0 Å². The lowest BCUT2D eigenvalue weighted by Crippen LogP contribution is -2.42. The van der Waals surface area contributed by atoms with E-state index < -0.39 is 0 Å². The summed E-state index contributed by atoms with van der Waals surface area (Å²) in [6.07, 6.45) is 3.45. The normalized spacial score (nSPS) is 18.6. The van der Waals surface area contributed by atoms with Gasteiger partial charge in [-0.3, -0.25) is 9.78 Å². The van der Waals surface area contributed by atoms with Gasteiger partial charge in [0.25, 0.3) is 5.91 Å². The van der Waals surface area contributed by atoms with Crippen molar-refractivity contribution in [3.05, 3.63) is 29.6 Å². The summed E-state index contributed by atoms with van der Waals surface area (Å²) in [5, 5.41) is 11.5. The number of pyridine rings is 1. The first kappa shape index (κ1) is 13.3. The van der Waals surface area contributed by atoms with Gasteiger partial charge in [0.05, 0.1) is 0 Å². The number of rotatable bonds is 2. The molecule has 0 spiro atoms. The van der Waals surface area contributed by atoms with Gasteiger partial charge >= 0.3 is 0 Å². The Morgan fingerprint density at radius 3 is 2.74 bits per heavy atom. The number of amides is 1. The van der Waals surface area contributed by atoms with Crippen LogP contribution in [0, 0.1) is 0 Å². The average Bonchev–Trinajstić information content (AvgIpc) is 2.77. The standard InChI is InChI=1S/C13H18N4O2/c1-13(2)6-3-7-17(13)12(18)10-5-4-9(8-15-10)11(14)16-19/h4-5,8,19H,3,6-7H2,1-2H3,(H2,14,16). The molecule has 1 fully saturated rings. The first-order valence-corrected chi connectivity index (χ1v) is 6.21. The molecular weight excluding hydrogens is 244 g/mol. The Morgan fingerprint density at radius 1 is 1.53 bits per heavy atom. The summed E-state index contributed by atoms with van der Waals surface area (Å²) in [4.78, 5) is 18.3. The van der Waals surface area contributed by atoms with Crippen molar-refractivity contribution in [3.63, 3.8) is 0 Å². The van der Waals surface area contributed by atoms with Gasteiger partial charge in [0.1, 0.15) is 5.69 Å². The highest BCUT2D eigenvalue weighted by molar-refractivity contribution is 5.98. The number of oxime groups is 1. The predicted molar refractivity (Wildman–Crippen MR) is 71.1 cm³/mol. The molecule has 0 unspecified atom stereocenters. The Kier molecular flexibility index (Phi) is 3.42. The van der Waals surface area contributed by atoms with Crippen molar-refractivity contribution in [2.75, 3.05) is 6.54 Å². The van der Waals surface area contributed by atoms with Gasteiger partial charge < -0.3 is 15.8 Å². The largest absolute Gasteiger partial charge is 0.409 e. The molecule has 1 aromatic heterocycles. The SMILES string of the molecule is CC1(C)CCCN1C(=O)c1ccc(C(N)=NO)cn1. The summed E-state index contributed by atoms with van der Waals surface area (Å²) in [5.41, 5.74) is 6.19. The fourth-order valence-electron chi connectivity index (χ4n) is 2.35. The van der Waals surface area contributed by atoms with Gasteiger partial charge in [-0.05, 0) is 38.8 Å². The first-order chi connectivity index (χ1) is 8.95. The van der Waals surface area contributed by atoms with Crippen LogP contribution >= 0.6 is 0 Å². The molecule has 0 atom stereocenters. The van der Waals surface area contributed by atoms with Gasteiger partial charge in [-0.2, -0.15) is 0 Å². The molecule has 1 aromatic rings. The highest BCUT2D eigenvalue weighted by atomic mass is 16.4. The van der Waals surface area contributed by atoms with E-state index in [0.29, 0.717) is 11.3 Å². The second kappa shape index (κ2) is 4.87. The number of hydrogen-bond acceptors (Lipinski definition) is 4.